The van der Waals surface area contributed by atoms with Crippen LogP contribution in [0.1, 0.15) is 11.1 Å². The fourth-order valence-corrected chi connectivity index (χ4v) is 1.85. The van der Waals surface area contributed by atoms with Crippen molar-refractivity contribution in [3.63, 3.8) is 0 Å². The fraction of sp³-hybridized carbons (Fsp3) is 0.200. The summed E-state index contributed by atoms with van der Waals surface area (Å²) in [5.41, 5.74) is 2.15. The second-order valence-electron chi connectivity index (χ2n) is 4.56. The molecule has 0 aliphatic rings. The van der Waals surface area contributed by atoms with Gasteiger partial charge in [-0.25, -0.2) is 4.39 Å². The number of ether oxygens (including phenoxy) is 1. The van der Waals surface area contributed by atoms with Crippen molar-refractivity contribution in [3.05, 3.63) is 59.4 Å². The summed E-state index contributed by atoms with van der Waals surface area (Å²) in [6, 6.07) is 10.1. The molecule has 2 nitrogen and oxygen atoms in total. The Morgan fingerprint density at radius 3 is 2.29 bits per heavy atom. The van der Waals surface area contributed by atoms with Crippen LogP contribution in [0.15, 0.2) is 42.5 Å². The van der Waals surface area contributed by atoms with Crippen LogP contribution in [0.5, 0.6) is 5.75 Å². The molecule has 0 saturated carbocycles. The third kappa shape index (κ3) is 4.98. The topological polar surface area (TPSA) is 21.3 Å². The van der Waals surface area contributed by atoms with Crippen LogP contribution in [-0.2, 0) is 6.54 Å². The van der Waals surface area contributed by atoms with Gasteiger partial charge in [-0.3, -0.25) is 0 Å². The molecule has 0 atom stereocenters. The van der Waals surface area contributed by atoms with Crippen LogP contribution in [-0.4, -0.2) is 6.36 Å². The number of alkyl halides is 3. The zero-order valence-corrected chi connectivity index (χ0v) is 11.2. The minimum Gasteiger partial charge on any atom is -0.406 e. The van der Waals surface area contributed by atoms with Crippen molar-refractivity contribution in [2.75, 3.05) is 5.32 Å². The van der Waals surface area contributed by atoms with Crippen molar-refractivity contribution >= 4 is 5.69 Å². The van der Waals surface area contributed by atoms with Crippen LogP contribution >= 0.6 is 0 Å². The number of halogens is 4. The molecule has 21 heavy (non-hydrogen) atoms. The van der Waals surface area contributed by atoms with Crippen LogP contribution in [0, 0.1) is 12.7 Å². The van der Waals surface area contributed by atoms with E-state index in [2.05, 4.69) is 10.1 Å². The van der Waals surface area contributed by atoms with E-state index in [4.69, 9.17) is 0 Å². The molecule has 0 aromatic heterocycles. The highest BCUT2D eigenvalue weighted by atomic mass is 19.4. The molecule has 0 heterocycles. The Labute approximate surface area is 119 Å². The van der Waals surface area contributed by atoms with Crippen molar-refractivity contribution in [2.24, 2.45) is 0 Å². The van der Waals surface area contributed by atoms with Gasteiger partial charge in [0.15, 0.2) is 0 Å². The Morgan fingerprint density at radius 2 is 1.71 bits per heavy atom. The SMILES string of the molecule is Cc1cc(F)cc(NCc2ccc(OC(F)(F)F)cc2)c1. The van der Waals surface area contributed by atoms with Crippen molar-refractivity contribution in [1.29, 1.82) is 0 Å². The summed E-state index contributed by atoms with van der Waals surface area (Å²) in [6.07, 6.45) is -4.70. The van der Waals surface area contributed by atoms with Crippen LogP contribution in [0.4, 0.5) is 23.2 Å². The summed E-state index contributed by atoms with van der Waals surface area (Å²) >= 11 is 0. The average Bonchev–Trinajstić information content (AvgIpc) is 2.35. The first-order valence-corrected chi connectivity index (χ1v) is 6.17. The molecule has 6 heteroatoms. The molecular weight excluding hydrogens is 286 g/mol. The molecule has 1 N–H and O–H groups in total. The lowest BCUT2D eigenvalue weighted by Crippen LogP contribution is -2.17. The van der Waals surface area contributed by atoms with Crippen LogP contribution in [0.2, 0.25) is 0 Å². The maximum absolute atomic E-state index is 13.2. The molecule has 0 saturated heterocycles. The van der Waals surface area contributed by atoms with Crippen LogP contribution < -0.4 is 10.1 Å². The largest absolute Gasteiger partial charge is 0.573 e. The maximum Gasteiger partial charge on any atom is 0.573 e. The Hall–Kier alpha value is -2.24. The van der Waals surface area contributed by atoms with E-state index in [1.807, 2.05) is 0 Å². The Bertz CT molecular complexity index is 588. The number of benzene rings is 2. The van der Waals surface area contributed by atoms with E-state index in [-0.39, 0.29) is 11.6 Å². The predicted molar refractivity (Wildman–Crippen MR) is 71.6 cm³/mol. The molecule has 0 bridgehead atoms. The molecule has 0 radical (unpaired) electrons. The Kier molecular flexibility index (Phi) is 4.35. The molecule has 0 aliphatic heterocycles. The number of aryl methyl sites for hydroxylation is 1. The van der Waals surface area contributed by atoms with Gasteiger partial charge in [0.1, 0.15) is 11.6 Å². The first-order chi connectivity index (χ1) is 9.82. The third-order valence-electron chi connectivity index (χ3n) is 2.70. The lowest BCUT2D eigenvalue weighted by molar-refractivity contribution is -0.274. The summed E-state index contributed by atoms with van der Waals surface area (Å²) in [7, 11) is 0. The lowest BCUT2D eigenvalue weighted by Gasteiger charge is -2.10. The van der Waals surface area contributed by atoms with Crippen molar-refractivity contribution in [3.8, 4) is 5.75 Å². The van der Waals surface area contributed by atoms with E-state index in [1.54, 1.807) is 13.0 Å². The number of hydrogen-bond acceptors (Lipinski definition) is 2. The van der Waals surface area contributed by atoms with Gasteiger partial charge in [0.25, 0.3) is 0 Å². The average molecular weight is 299 g/mol. The monoisotopic (exact) mass is 299 g/mol. The molecule has 0 amide bonds. The highest BCUT2D eigenvalue weighted by molar-refractivity contribution is 5.46. The zero-order valence-electron chi connectivity index (χ0n) is 11.2. The molecular formula is C15H13F4NO. The van der Waals surface area contributed by atoms with E-state index in [1.165, 1.54) is 36.4 Å². The zero-order chi connectivity index (χ0) is 15.5. The molecule has 2 aromatic rings. The van der Waals surface area contributed by atoms with Crippen molar-refractivity contribution in [2.45, 2.75) is 19.8 Å². The summed E-state index contributed by atoms with van der Waals surface area (Å²) < 4.78 is 53.0. The molecule has 0 spiro atoms. The Morgan fingerprint density at radius 1 is 1.05 bits per heavy atom. The molecule has 112 valence electrons. The lowest BCUT2D eigenvalue weighted by atomic mass is 10.2. The van der Waals surface area contributed by atoms with Gasteiger partial charge in [0.2, 0.25) is 0 Å². The quantitative estimate of drug-likeness (QED) is 0.830. The van der Waals surface area contributed by atoms with E-state index in [0.29, 0.717) is 12.2 Å². The van der Waals surface area contributed by atoms with Gasteiger partial charge in [0.05, 0.1) is 0 Å². The van der Waals surface area contributed by atoms with Gasteiger partial charge in [-0.05, 0) is 48.4 Å². The smallest absolute Gasteiger partial charge is 0.406 e. The second kappa shape index (κ2) is 6.03. The summed E-state index contributed by atoms with van der Waals surface area (Å²) in [4.78, 5) is 0. The number of anilines is 1. The van der Waals surface area contributed by atoms with Crippen LogP contribution in [0.3, 0.4) is 0 Å². The highest BCUT2D eigenvalue weighted by Gasteiger charge is 2.30. The first-order valence-electron chi connectivity index (χ1n) is 6.17. The van der Waals surface area contributed by atoms with Crippen molar-refractivity contribution in [1.82, 2.24) is 0 Å². The second-order valence-corrected chi connectivity index (χ2v) is 4.56. The number of nitrogens with one attached hydrogen (secondary N) is 1. The minimum atomic E-state index is -4.70. The molecule has 0 fully saturated rings. The minimum absolute atomic E-state index is 0.271. The number of rotatable bonds is 4. The molecule has 0 aliphatic carbocycles. The third-order valence-corrected chi connectivity index (χ3v) is 2.70. The van der Waals surface area contributed by atoms with E-state index < -0.39 is 6.36 Å². The maximum atomic E-state index is 13.2. The van der Waals surface area contributed by atoms with Gasteiger partial charge in [0, 0.05) is 12.2 Å². The molecule has 2 rings (SSSR count). The summed E-state index contributed by atoms with van der Waals surface area (Å²) in [5.74, 6) is -0.612. The van der Waals surface area contributed by atoms with E-state index in [9.17, 15) is 17.6 Å². The van der Waals surface area contributed by atoms with Gasteiger partial charge in [-0.1, -0.05) is 12.1 Å². The normalized spacial score (nSPS) is 11.3. The van der Waals surface area contributed by atoms with Gasteiger partial charge in [-0.2, -0.15) is 0 Å². The van der Waals surface area contributed by atoms with Gasteiger partial charge in [-0.15, -0.1) is 13.2 Å². The van der Waals surface area contributed by atoms with Gasteiger partial charge >= 0.3 is 6.36 Å². The van der Waals surface area contributed by atoms with E-state index >= 15 is 0 Å². The standard InChI is InChI=1S/C15H13F4NO/c1-10-6-12(16)8-13(7-10)20-9-11-2-4-14(5-3-11)21-15(17,18)19/h2-8,20H,9H2,1H3. The summed E-state index contributed by atoms with van der Waals surface area (Å²) in [6.45, 7) is 2.15. The summed E-state index contributed by atoms with van der Waals surface area (Å²) in [5, 5.41) is 3.01. The van der Waals surface area contributed by atoms with Gasteiger partial charge < -0.3 is 10.1 Å². The first kappa shape index (κ1) is 15.2. The highest BCUT2D eigenvalue weighted by Crippen LogP contribution is 2.23. The van der Waals surface area contributed by atoms with Crippen LogP contribution in [0.25, 0.3) is 0 Å². The Balaban J connectivity index is 1.97. The number of hydrogen-bond donors (Lipinski definition) is 1. The molecule has 2 aromatic carbocycles. The van der Waals surface area contributed by atoms with Crippen molar-refractivity contribution < 1.29 is 22.3 Å². The molecule has 0 unspecified atom stereocenters. The fourth-order valence-electron chi connectivity index (χ4n) is 1.85. The van der Waals surface area contributed by atoms with E-state index in [0.717, 1.165) is 11.1 Å². The predicted octanol–water partition coefficient (Wildman–Crippen LogP) is 4.64.